The monoisotopic (exact) mass is 493 g/mol. The topological polar surface area (TPSA) is 60.6 Å². The molecule has 2 aromatic rings. The number of esters is 1. The Kier molecular flexibility index (Phi) is 4.63. The van der Waals surface area contributed by atoms with Crippen LogP contribution in [0.2, 0.25) is 0 Å². The molecule has 0 fully saturated rings. The Morgan fingerprint density at radius 2 is 2.14 bits per heavy atom. The molecule has 1 aliphatic heterocycles. The van der Waals surface area contributed by atoms with Gasteiger partial charge in [0.25, 0.3) is 0 Å². The SMILES string of the molecule is COC(=O)c1[nH]c(Br)c(C2OCOc3ccc(Br)cc32)c1Br. The summed E-state index contributed by atoms with van der Waals surface area (Å²) in [6.45, 7) is 0.136. The Morgan fingerprint density at radius 1 is 1.36 bits per heavy atom. The van der Waals surface area contributed by atoms with E-state index in [9.17, 15) is 4.79 Å². The largest absolute Gasteiger partial charge is 0.467 e. The number of aromatic amines is 1. The number of hydrogen-bond donors (Lipinski definition) is 1. The van der Waals surface area contributed by atoms with E-state index in [1.165, 1.54) is 7.11 Å². The average Bonchev–Trinajstić information content (AvgIpc) is 2.81. The predicted molar refractivity (Wildman–Crippen MR) is 90.1 cm³/mol. The van der Waals surface area contributed by atoms with Crippen LogP contribution in [0.3, 0.4) is 0 Å². The first-order valence-corrected chi connectivity index (χ1v) is 8.59. The summed E-state index contributed by atoms with van der Waals surface area (Å²) in [6, 6.07) is 5.72. The molecular weight excluding hydrogens is 486 g/mol. The third kappa shape index (κ3) is 2.73. The maximum absolute atomic E-state index is 11.8. The van der Waals surface area contributed by atoms with Gasteiger partial charge in [0.05, 0.1) is 16.2 Å². The van der Waals surface area contributed by atoms with E-state index in [4.69, 9.17) is 14.2 Å². The third-order valence-electron chi connectivity index (χ3n) is 3.28. The zero-order valence-corrected chi connectivity index (χ0v) is 16.0. The predicted octanol–water partition coefficient (Wildman–Crippen LogP) is 4.54. The molecular formula is C14H10Br3NO4. The Hall–Kier alpha value is -0.830. The normalized spacial score (nSPS) is 16.8. The average molecular weight is 496 g/mol. The van der Waals surface area contributed by atoms with Gasteiger partial charge in [0, 0.05) is 15.6 Å². The lowest BCUT2D eigenvalue weighted by Gasteiger charge is -2.26. The molecule has 22 heavy (non-hydrogen) atoms. The van der Waals surface area contributed by atoms with E-state index in [0.717, 1.165) is 21.3 Å². The van der Waals surface area contributed by atoms with Gasteiger partial charge in [-0.1, -0.05) is 15.9 Å². The van der Waals surface area contributed by atoms with Crippen molar-refractivity contribution in [3.05, 3.63) is 48.6 Å². The summed E-state index contributed by atoms with van der Waals surface area (Å²) in [6.07, 6.45) is -0.375. The summed E-state index contributed by atoms with van der Waals surface area (Å²) in [5.74, 6) is 0.291. The number of ether oxygens (including phenoxy) is 3. The lowest BCUT2D eigenvalue weighted by Crippen LogP contribution is -2.18. The van der Waals surface area contributed by atoms with Crippen LogP contribution in [0.4, 0.5) is 0 Å². The number of benzene rings is 1. The summed E-state index contributed by atoms with van der Waals surface area (Å²) in [4.78, 5) is 14.8. The van der Waals surface area contributed by atoms with E-state index in [1.807, 2.05) is 18.2 Å². The molecule has 0 spiro atoms. The molecule has 1 aliphatic rings. The lowest BCUT2D eigenvalue weighted by atomic mass is 10.0. The Balaban J connectivity index is 2.12. The van der Waals surface area contributed by atoms with Crippen molar-refractivity contribution < 1.29 is 19.0 Å². The van der Waals surface area contributed by atoms with Gasteiger partial charge in [0.15, 0.2) is 6.79 Å². The van der Waals surface area contributed by atoms with Crippen LogP contribution < -0.4 is 4.74 Å². The second kappa shape index (κ2) is 6.35. The molecule has 1 unspecified atom stereocenters. The number of H-pyrrole nitrogens is 1. The van der Waals surface area contributed by atoms with E-state index >= 15 is 0 Å². The van der Waals surface area contributed by atoms with Gasteiger partial charge < -0.3 is 19.2 Å². The quantitative estimate of drug-likeness (QED) is 0.621. The Morgan fingerprint density at radius 3 is 2.86 bits per heavy atom. The number of nitrogens with one attached hydrogen (secondary N) is 1. The summed E-state index contributed by atoms with van der Waals surface area (Å²) >= 11 is 10.4. The number of halogens is 3. The van der Waals surface area contributed by atoms with Crippen molar-refractivity contribution in [3.63, 3.8) is 0 Å². The van der Waals surface area contributed by atoms with Gasteiger partial charge in [-0.3, -0.25) is 0 Å². The van der Waals surface area contributed by atoms with Crippen LogP contribution in [-0.2, 0) is 9.47 Å². The zero-order valence-electron chi connectivity index (χ0n) is 11.3. The van der Waals surface area contributed by atoms with Gasteiger partial charge in [-0.2, -0.15) is 0 Å². The van der Waals surface area contributed by atoms with Crippen LogP contribution in [0.15, 0.2) is 31.7 Å². The molecule has 0 radical (unpaired) electrons. The molecule has 3 rings (SSSR count). The van der Waals surface area contributed by atoms with Crippen LogP contribution in [0, 0.1) is 0 Å². The molecule has 2 heterocycles. The minimum atomic E-state index is -0.458. The van der Waals surface area contributed by atoms with E-state index in [-0.39, 0.29) is 12.9 Å². The highest BCUT2D eigenvalue weighted by molar-refractivity contribution is 9.11. The summed E-state index contributed by atoms with van der Waals surface area (Å²) in [5.41, 5.74) is 1.98. The Labute approximate surface area is 151 Å². The number of carbonyl (C=O) groups excluding carboxylic acids is 1. The fourth-order valence-corrected chi connectivity index (χ4v) is 4.20. The van der Waals surface area contributed by atoms with Gasteiger partial charge in [0.2, 0.25) is 0 Å². The number of methoxy groups -OCH3 is 1. The standard InChI is InChI=1S/C14H10Br3NO4/c1-20-14(19)11-10(16)9(13(17)18-11)12-7-4-6(15)2-3-8(7)21-5-22-12/h2-4,12,18H,5H2,1H3. The molecule has 0 saturated carbocycles. The lowest BCUT2D eigenvalue weighted by molar-refractivity contribution is -0.0424. The smallest absolute Gasteiger partial charge is 0.355 e. The van der Waals surface area contributed by atoms with Crippen LogP contribution >= 0.6 is 47.8 Å². The van der Waals surface area contributed by atoms with Crippen molar-refractivity contribution >= 4 is 53.8 Å². The van der Waals surface area contributed by atoms with E-state index in [1.54, 1.807) is 0 Å². The highest BCUT2D eigenvalue weighted by atomic mass is 79.9. The first-order chi connectivity index (χ1) is 10.5. The maximum Gasteiger partial charge on any atom is 0.355 e. The van der Waals surface area contributed by atoms with Gasteiger partial charge in [0.1, 0.15) is 17.5 Å². The fraction of sp³-hybridized carbons (Fsp3) is 0.214. The van der Waals surface area contributed by atoms with Crippen molar-refractivity contribution in [1.82, 2.24) is 4.98 Å². The van der Waals surface area contributed by atoms with Gasteiger partial charge in [-0.15, -0.1) is 0 Å². The molecule has 1 N–H and O–H groups in total. The highest BCUT2D eigenvalue weighted by Gasteiger charge is 2.31. The van der Waals surface area contributed by atoms with Crippen molar-refractivity contribution in [2.75, 3.05) is 13.9 Å². The molecule has 1 aromatic heterocycles. The summed E-state index contributed by atoms with van der Waals surface area (Å²) in [7, 11) is 1.33. The highest BCUT2D eigenvalue weighted by Crippen LogP contribution is 2.44. The van der Waals surface area contributed by atoms with Crippen LogP contribution in [0.5, 0.6) is 5.75 Å². The molecule has 0 aliphatic carbocycles. The third-order valence-corrected chi connectivity index (χ3v) is 5.22. The molecule has 1 atom stereocenters. The van der Waals surface area contributed by atoms with E-state index in [2.05, 4.69) is 52.8 Å². The first kappa shape index (κ1) is 16.0. The van der Waals surface area contributed by atoms with Gasteiger partial charge in [-0.25, -0.2) is 4.79 Å². The first-order valence-electron chi connectivity index (χ1n) is 6.22. The molecule has 116 valence electrons. The van der Waals surface area contributed by atoms with Crippen LogP contribution in [0.25, 0.3) is 0 Å². The number of rotatable bonds is 2. The second-order valence-corrected chi connectivity index (χ2v) is 7.03. The second-order valence-electron chi connectivity index (χ2n) is 4.52. The van der Waals surface area contributed by atoms with E-state index < -0.39 is 5.97 Å². The van der Waals surface area contributed by atoms with Crippen molar-refractivity contribution in [2.45, 2.75) is 6.10 Å². The van der Waals surface area contributed by atoms with Crippen molar-refractivity contribution in [1.29, 1.82) is 0 Å². The number of hydrogen-bond acceptors (Lipinski definition) is 4. The molecule has 5 nitrogen and oxygen atoms in total. The van der Waals surface area contributed by atoms with Crippen LogP contribution in [0.1, 0.15) is 27.7 Å². The molecule has 0 saturated heterocycles. The number of fused-ring (bicyclic) bond motifs is 1. The van der Waals surface area contributed by atoms with Gasteiger partial charge >= 0.3 is 5.97 Å². The molecule has 0 amide bonds. The summed E-state index contributed by atoms with van der Waals surface area (Å²) < 4.78 is 18.2. The fourth-order valence-electron chi connectivity index (χ4n) is 2.29. The number of carbonyl (C=O) groups is 1. The maximum atomic E-state index is 11.8. The molecule has 1 aromatic carbocycles. The minimum Gasteiger partial charge on any atom is -0.467 e. The summed E-state index contributed by atoms with van der Waals surface area (Å²) in [5, 5.41) is 0. The van der Waals surface area contributed by atoms with Crippen molar-refractivity contribution in [3.8, 4) is 5.75 Å². The molecule has 8 heteroatoms. The minimum absolute atomic E-state index is 0.136. The van der Waals surface area contributed by atoms with Gasteiger partial charge in [-0.05, 0) is 50.1 Å². The zero-order chi connectivity index (χ0) is 15.9. The number of aromatic nitrogens is 1. The van der Waals surface area contributed by atoms with Crippen molar-refractivity contribution in [2.24, 2.45) is 0 Å². The molecule has 0 bridgehead atoms. The van der Waals surface area contributed by atoms with E-state index in [0.29, 0.717) is 14.8 Å². The van der Waals surface area contributed by atoms with Crippen LogP contribution in [-0.4, -0.2) is 24.9 Å². The Bertz CT molecular complexity index is 744.